The van der Waals surface area contributed by atoms with E-state index in [0.29, 0.717) is 16.9 Å². The SMILES string of the molecule is CC1(C)C2CCC1(C)C(O[Si]1(C)CCCCC1)C2. The van der Waals surface area contributed by atoms with E-state index in [4.69, 9.17) is 4.43 Å². The Bertz CT molecular complexity index is 332. The molecule has 3 rings (SSSR count). The summed E-state index contributed by atoms with van der Waals surface area (Å²) in [4.78, 5) is 0. The maximum atomic E-state index is 6.85. The van der Waals surface area contributed by atoms with Crippen LogP contribution < -0.4 is 0 Å². The molecule has 3 fully saturated rings. The Labute approximate surface area is 114 Å². The summed E-state index contributed by atoms with van der Waals surface area (Å²) in [5.41, 5.74) is 0.974. The van der Waals surface area contributed by atoms with Crippen molar-refractivity contribution in [2.24, 2.45) is 16.7 Å². The lowest BCUT2D eigenvalue weighted by Crippen LogP contribution is -2.46. The Hall–Kier alpha value is 0.177. The predicted octanol–water partition coefficient (Wildman–Crippen LogP) is 4.98. The maximum Gasteiger partial charge on any atom is 0.190 e. The smallest absolute Gasteiger partial charge is 0.190 e. The molecule has 0 spiro atoms. The fraction of sp³-hybridized carbons (Fsp3) is 1.00. The summed E-state index contributed by atoms with van der Waals surface area (Å²) >= 11 is 0. The third-order valence-electron chi connectivity index (χ3n) is 7.05. The van der Waals surface area contributed by atoms with Crippen LogP contribution in [0, 0.1) is 16.7 Å². The van der Waals surface area contributed by atoms with Gasteiger partial charge in [-0.15, -0.1) is 0 Å². The molecule has 0 aromatic carbocycles. The minimum atomic E-state index is -1.35. The largest absolute Gasteiger partial charge is 0.414 e. The van der Waals surface area contributed by atoms with Gasteiger partial charge in [-0.3, -0.25) is 0 Å². The molecular weight excluding hydrogens is 236 g/mol. The Kier molecular flexibility index (Phi) is 2.99. The second-order valence-electron chi connectivity index (χ2n) is 8.23. The molecule has 18 heavy (non-hydrogen) atoms. The fourth-order valence-corrected chi connectivity index (χ4v) is 8.59. The normalized spacial score (nSPS) is 45.3. The number of hydrogen-bond acceptors (Lipinski definition) is 1. The van der Waals surface area contributed by atoms with Crippen LogP contribution in [0.25, 0.3) is 0 Å². The lowest BCUT2D eigenvalue weighted by Gasteiger charge is -2.44. The van der Waals surface area contributed by atoms with Crippen molar-refractivity contribution < 1.29 is 4.43 Å². The maximum absolute atomic E-state index is 6.85. The van der Waals surface area contributed by atoms with Gasteiger partial charge in [0.05, 0.1) is 6.10 Å². The Morgan fingerprint density at radius 2 is 1.72 bits per heavy atom. The molecule has 0 radical (unpaired) electrons. The van der Waals surface area contributed by atoms with Crippen molar-refractivity contribution in [2.75, 3.05) is 0 Å². The fourth-order valence-electron chi connectivity index (χ4n) is 5.07. The molecule has 1 nitrogen and oxygen atoms in total. The lowest BCUT2D eigenvalue weighted by atomic mass is 9.70. The van der Waals surface area contributed by atoms with Gasteiger partial charge in [-0.1, -0.05) is 40.0 Å². The number of fused-ring (bicyclic) bond motifs is 2. The molecule has 1 saturated heterocycles. The van der Waals surface area contributed by atoms with Crippen molar-refractivity contribution in [1.82, 2.24) is 0 Å². The van der Waals surface area contributed by atoms with Crippen molar-refractivity contribution in [3.63, 3.8) is 0 Å². The van der Waals surface area contributed by atoms with Crippen LogP contribution in [0.1, 0.15) is 59.3 Å². The summed E-state index contributed by atoms with van der Waals surface area (Å²) in [6, 6.07) is 2.84. The molecule has 104 valence electrons. The average molecular weight is 267 g/mol. The summed E-state index contributed by atoms with van der Waals surface area (Å²) < 4.78 is 6.85. The topological polar surface area (TPSA) is 9.23 Å². The zero-order valence-corrected chi connectivity index (χ0v) is 13.7. The zero-order valence-electron chi connectivity index (χ0n) is 12.7. The van der Waals surface area contributed by atoms with E-state index in [1.807, 2.05) is 0 Å². The van der Waals surface area contributed by atoms with Crippen molar-refractivity contribution in [1.29, 1.82) is 0 Å². The van der Waals surface area contributed by atoms with Crippen LogP contribution in [0.5, 0.6) is 0 Å². The standard InChI is InChI=1S/C16H30OSi/c1-15(2)13-8-9-16(15,3)14(12-13)17-18(4)10-6-5-7-11-18/h13-14H,5-12H2,1-4H3. The molecule has 3 unspecified atom stereocenters. The molecule has 2 saturated carbocycles. The first-order chi connectivity index (χ1) is 8.37. The van der Waals surface area contributed by atoms with Crippen LogP contribution in [0.3, 0.4) is 0 Å². The van der Waals surface area contributed by atoms with E-state index in [2.05, 4.69) is 27.3 Å². The second kappa shape index (κ2) is 4.08. The summed E-state index contributed by atoms with van der Waals surface area (Å²) in [6.45, 7) is 10.0. The Morgan fingerprint density at radius 3 is 2.22 bits per heavy atom. The van der Waals surface area contributed by atoms with Crippen molar-refractivity contribution in [3.8, 4) is 0 Å². The first-order valence-corrected chi connectivity index (χ1v) is 10.9. The molecule has 1 aliphatic heterocycles. The highest BCUT2D eigenvalue weighted by Gasteiger charge is 2.62. The minimum Gasteiger partial charge on any atom is -0.414 e. The minimum absolute atomic E-state index is 0.463. The average Bonchev–Trinajstić information content (AvgIpc) is 2.62. The van der Waals surface area contributed by atoms with E-state index in [1.165, 1.54) is 50.6 Å². The van der Waals surface area contributed by atoms with E-state index in [-0.39, 0.29) is 0 Å². The summed E-state index contributed by atoms with van der Waals surface area (Å²) in [5.74, 6) is 0.925. The molecule has 3 atom stereocenters. The highest BCUT2D eigenvalue weighted by Crippen LogP contribution is 2.66. The first kappa shape index (κ1) is 13.2. The van der Waals surface area contributed by atoms with Gasteiger partial charge in [-0.25, -0.2) is 0 Å². The van der Waals surface area contributed by atoms with E-state index in [0.717, 1.165) is 5.92 Å². The van der Waals surface area contributed by atoms with Gasteiger partial charge < -0.3 is 4.43 Å². The highest BCUT2D eigenvalue weighted by molar-refractivity contribution is 6.72. The van der Waals surface area contributed by atoms with Gasteiger partial charge in [0.25, 0.3) is 0 Å². The van der Waals surface area contributed by atoms with Crippen molar-refractivity contribution in [3.05, 3.63) is 0 Å². The van der Waals surface area contributed by atoms with Gasteiger partial charge in [-0.2, -0.15) is 0 Å². The van der Waals surface area contributed by atoms with Crippen LogP contribution in [0.4, 0.5) is 0 Å². The monoisotopic (exact) mass is 266 g/mol. The third kappa shape index (κ3) is 1.75. The van der Waals surface area contributed by atoms with Crippen molar-refractivity contribution in [2.45, 2.75) is 84.0 Å². The summed E-state index contributed by atoms with van der Waals surface area (Å²) in [6.07, 6.45) is 9.09. The van der Waals surface area contributed by atoms with Gasteiger partial charge in [0.1, 0.15) is 0 Å². The lowest BCUT2D eigenvalue weighted by molar-refractivity contribution is 0.0223. The molecule has 2 aliphatic carbocycles. The molecule has 0 aromatic rings. The highest BCUT2D eigenvalue weighted by atomic mass is 28.4. The van der Waals surface area contributed by atoms with E-state index in [1.54, 1.807) is 0 Å². The molecule has 0 aromatic heterocycles. The summed E-state index contributed by atoms with van der Waals surface area (Å²) in [5, 5.41) is 0. The second-order valence-corrected chi connectivity index (χ2v) is 12.4. The molecule has 0 N–H and O–H groups in total. The van der Waals surface area contributed by atoms with Crippen molar-refractivity contribution >= 4 is 8.32 Å². The first-order valence-electron chi connectivity index (χ1n) is 8.05. The molecule has 1 heterocycles. The van der Waals surface area contributed by atoms with Gasteiger partial charge in [0.2, 0.25) is 0 Å². The van der Waals surface area contributed by atoms with Crippen LogP contribution in [0.2, 0.25) is 18.6 Å². The molecular formula is C16H30OSi. The van der Waals surface area contributed by atoms with Gasteiger partial charge in [0.15, 0.2) is 8.32 Å². The molecule has 3 aliphatic rings. The van der Waals surface area contributed by atoms with Gasteiger partial charge in [-0.05, 0) is 54.6 Å². The quantitative estimate of drug-likeness (QED) is 0.641. The van der Waals surface area contributed by atoms with E-state index < -0.39 is 8.32 Å². The van der Waals surface area contributed by atoms with Crippen LogP contribution in [0.15, 0.2) is 0 Å². The molecule has 2 heteroatoms. The molecule has 0 amide bonds. The zero-order chi connectivity index (χ0) is 13.0. The van der Waals surface area contributed by atoms with Crippen LogP contribution >= 0.6 is 0 Å². The molecule has 2 bridgehead atoms. The van der Waals surface area contributed by atoms with E-state index in [9.17, 15) is 0 Å². The Morgan fingerprint density at radius 1 is 1.06 bits per heavy atom. The van der Waals surface area contributed by atoms with Gasteiger partial charge in [0, 0.05) is 0 Å². The van der Waals surface area contributed by atoms with Crippen LogP contribution in [-0.4, -0.2) is 14.4 Å². The van der Waals surface area contributed by atoms with Crippen LogP contribution in [-0.2, 0) is 4.43 Å². The Balaban J connectivity index is 1.75. The predicted molar refractivity (Wildman–Crippen MR) is 79.2 cm³/mol. The van der Waals surface area contributed by atoms with Gasteiger partial charge >= 0.3 is 0 Å². The third-order valence-corrected chi connectivity index (χ3v) is 10.7. The summed E-state index contributed by atoms with van der Waals surface area (Å²) in [7, 11) is -1.35. The number of rotatable bonds is 2. The number of hydrogen-bond donors (Lipinski definition) is 0. The van der Waals surface area contributed by atoms with E-state index >= 15 is 0 Å².